The van der Waals surface area contributed by atoms with Crippen molar-refractivity contribution in [2.75, 3.05) is 29.5 Å². The number of benzene rings is 3. The molecule has 1 atom stereocenters. The van der Waals surface area contributed by atoms with Gasteiger partial charge in [0.1, 0.15) is 12.5 Å². The molecule has 0 fully saturated rings. The Morgan fingerprint density at radius 3 is 2.29 bits per heavy atom. The summed E-state index contributed by atoms with van der Waals surface area (Å²) >= 11 is 0. The summed E-state index contributed by atoms with van der Waals surface area (Å²) in [6, 6.07) is 23.5. The number of hydrogen-bond donors (Lipinski definition) is 2. The summed E-state index contributed by atoms with van der Waals surface area (Å²) in [6.07, 6.45) is 1.05. The van der Waals surface area contributed by atoms with Gasteiger partial charge < -0.3 is 10.6 Å². The lowest BCUT2D eigenvalue weighted by Crippen LogP contribution is -2.39. The molecule has 0 saturated heterocycles. The summed E-state index contributed by atoms with van der Waals surface area (Å²) in [6.45, 7) is -0.327. The number of para-hydroxylation sites is 1. The largest absolute Gasteiger partial charge is 0.358 e. The van der Waals surface area contributed by atoms with E-state index in [1.165, 1.54) is 7.05 Å². The molecular formula is C25H24N4O4S. The first kappa shape index (κ1) is 23.2. The number of hydrogen-bond acceptors (Lipinski definition) is 5. The molecule has 0 aromatic heterocycles. The lowest BCUT2D eigenvalue weighted by molar-refractivity contribution is -0.119. The number of nitrogens with zero attached hydrogens (tertiary/aromatic N) is 2. The summed E-state index contributed by atoms with van der Waals surface area (Å²) in [5.74, 6) is -1.17. The molecule has 4 rings (SSSR count). The summed E-state index contributed by atoms with van der Waals surface area (Å²) in [4.78, 5) is 29.5. The number of fused-ring (bicyclic) bond motifs is 1. The third-order valence-corrected chi connectivity index (χ3v) is 6.63. The van der Waals surface area contributed by atoms with Crippen LogP contribution in [0.1, 0.15) is 17.0 Å². The quantitative estimate of drug-likeness (QED) is 0.511. The SMILES string of the molecule is CNC(=O)CN(c1ccc(N=C(c2ccccc2)C2C(=O)Nc3ccccc32)cc1)S(C)(=O)=O. The van der Waals surface area contributed by atoms with E-state index in [0.29, 0.717) is 17.1 Å². The summed E-state index contributed by atoms with van der Waals surface area (Å²) in [5.41, 5.74) is 3.89. The molecule has 1 aliphatic heterocycles. The van der Waals surface area contributed by atoms with E-state index in [1.807, 2.05) is 54.6 Å². The Morgan fingerprint density at radius 2 is 1.65 bits per heavy atom. The van der Waals surface area contributed by atoms with Crippen molar-refractivity contribution in [3.63, 3.8) is 0 Å². The molecule has 1 aliphatic rings. The molecule has 9 heteroatoms. The highest BCUT2D eigenvalue weighted by Crippen LogP contribution is 2.36. The number of carbonyl (C=O) groups excluding carboxylic acids is 2. The van der Waals surface area contributed by atoms with Gasteiger partial charge in [-0.3, -0.25) is 18.9 Å². The molecule has 3 aromatic carbocycles. The smallest absolute Gasteiger partial charge is 0.240 e. The lowest BCUT2D eigenvalue weighted by Gasteiger charge is -2.21. The van der Waals surface area contributed by atoms with E-state index in [4.69, 9.17) is 4.99 Å². The summed E-state index contributed by atoms with van der Waals surface area (Å²) < 4.78 is 25.5. The number of rotatable bonds is 7. The molecular weight excluding hydrogens is 452 g/mol. The average Bonchev–Trinajstić information content (AvgIpc) is 3.16. The van der Waals surface area contributed by atoms with E-state index in [2.05, 4.69) is 10.6 Å². The Hall–Kier alpha value is -3.98. The third kappa shape index (κ3) is 4.84. The second-order valence-electron chi connectivity index (χ2n) is 7.83. The first-order valence-electron chi connectivity index (χ1n) is 10.6. The van der Waals surface area contributed by atoms with Crippen molar-refractivity contribution in [1.29, 1.82) is 0 Å². The van der Waals surface area contributed by atoms with Crippen LogP contribution >= 0.6 is 0 Å². The molecule has 0 radical (unpaired) electrons. The number of amides is 2. The minimum atomic E-state index is -3.67. The van der Waals surface area contributed by atoms with E-state index < -0.39 is 21.8 Å². The van der Waals surface area contributed by atoms with Crippen molar-refractivity contribution in [1.82, 2.24) is 5.32 Å². The van der Waals surface area contributed by atoms with E-state index >= 15 is 0 Å². The predicted molar refractivity (Wildman–Crippen MR) is 133 cm³/mol. The van der Waals surface area contributed by atoms with Gasteiger partial charge in [0.25, 0.3) is 0 Å². The normalized spacial score (nSPS) is 15.4. The first-order chi connectivity index (χ1) is 16.3. The van der Waals surface area contributed by atoms with E-state index in [1.54, 1.807) is 24.3 Å². The molecule has 0 bridgehead atoms. The molecule has 34 heavy (non-hydrogen) atoms. The minimum Gasteiger partial charge on any atom is -0.358 e. The van der Waals surface area contributed by atoms with Gasteiger partial charge in [0.2, 0.25) is 21.8 Å². The van der Waals surface area contributed by atoms with Crippen molar-refractivity contribution >= 4 is 44.6 Å². The maximum absolute atomic E-state index is 12.9. The molecule has 3 aromatic rings. The van der Waals surface area contributed by atoms with Crippen LogP contribution in [0.4, 0.5) is 17.1 Å². The van der Waals surface area contributed by atoms with Crippen LogP contribution in [0.5, 0.6) is 0 Å². The maximum Gasteiger partial charge on any atom is 0.240 e. The van der Waals surface area contributed by atoms with Crippen LogP contribution in [-0.4, -0.2) is 45.8 Å². The molecule has 2 amide bonds. The first-order valence-corrected chi connectivity index (χ1v) is 12.4. The molecule has 2 N–H and O–H groups in total. The molecule has 1 unspecified atom stereocenters. The van der Waals surface area contributed by atoms with Crippen LogP contribution < -0.4 is 14.9 Å². The highest BCUT2D eigenvalue weighted by atomic mass is 32.2. The molecule has 0 aliphatic carbocycles. The highest BCUT2D eigenvalue weighted by molar-refractivity contribution is 7.92. The lowest BCUT2D eigenvalue weighted by atomic mass is 9.90. The number of aliphatic imine (C=N–C) groups is 1. The van der Waals surface area contributed by atoms with E-state index in [9.17, 15) is 18.0 Å². The Labute approximate surface area is 198 Å². The monoisotopic (exact) mass is 476 g/mol. The average molecular weight is 477 g/mol. The van der Waals surface area contributed by atoms with Crippen molar-refractivity contribution in [2.24, 2.45) is 4.99 Å². The third-order valence-electron chi connectivity index (χ3n) is 5.49. The van der Waals surface area contributed by atoms with Crippen LogP contribution in [0.15, 0.2) is 83.9 Å². The maximum atomic E-state index is 12.9. The van der Waals surface area contributed by atoms with E-state index in [-0.39, 0.29) is 12.5 Å². The Bertz CT molecular complexity index is 1350. The Balaban J connectivity index is 1.75. The molecule has 0 spiro atoms. The van der Waals surface area contributed by atoms with Crippen LogP contribution in [0.25, 0.3) is 0 Å². The fourth-order valence-corrected chi connectivity index (χ4v) is 4.68. The van der Waals surface area contributed by atoms with Gasteiger partial charge in [-0.1, -0.05) is 48.5 Å². The van der Waals surface area contributed by atoms with Gasteiger partial charge in [-0.05, 0) is 41.5 Å². The standard InChI is InChI=1S/C25H24N4O4S/c1-26-22(30)16-29(34(2,32)33)19-14-12-18(13-15-19)27-24(17-8-4-3-5-9-17)23-20-10-6-7-11-21(20)28-25(23)31/h3-15,23H,16H2,1-2H3,(H,26,30)(H,28,31). The van der Waals surface area contributed by atoms with Crippen molar-refractivity contribution in [3.8, 4) is 0 Å². The Morgan fingerprint density at radius 1 is 1.00 bits per heavy atom. The van der Waals surface area contributed by atoms with Crippen LogP contribution in [0.3, 0.4) is 0 Å². The van der Waals surface area contributed by atoms with Crippen LogP contribution in [-0.2, 0) is 19.6 Å². The second kappa shape index (κ2) is 9.48. The van der Waals surface area contributed by atoms with Crippen molar-refractivity contribution in [2.45, 2.75) is 5.92 Å². The Kier molecular flexibility index (Phi) is 6.47. The van der Waals surface area contributed by atoms with Gasteiger partial charge in [0.15, 0.2) is 0 Å². The van der Waals surface area contributed by atoms with Crippen molar-refractivity contribution < 1.29 is 18.0 Å². The fraction of sp³-hybridized carbons (Fsp3) is 0.160. The topological polar surface area (TPSA) is 108 Å². The van der Waals surface area contributed by atoms with Crippen LogP contribution in [0, 0.1) is 0 Å². The van der Waals surface area contributed by atoms with Gasteiger partial charge >= 0.3 is 0 Å². The highest BCUT2D eigenvalue weighted by Gasteiger charge is 2.35. The minimum absolute atomic E-state index is 0.158. The zero-order valence-electron chi connectivity index (χ0n) is 18.7. The molecule has 174 valence electrons. The van der Waals surface area contributed by atoms with Gasteiger partial charge in [0.05, 0.1) is 23.3 Å². The molecule has 0 saturated carbocycles. The number of sulfonamides is 1. The van der Waals surface area contributed by atoms with Gasteiger partial charge in [-0.15, -0.1) is 0 Å². The zero-order chi connectivity index (χ0) is 24.3. The van der Waals surface area contributed by atoms with E-state index in [0.717, 1.165) is 27.4 Å². The van der Waals surface area contributed by atoms with Crippen molar-refractivity contribution in [3.05, 3.63) is 90.0 Å². The number of anilines is 2. The number of carbonyl (C=O) groups is 2. The van der Waals surface area contributed by atoms with Gasteiger partial charge in [0, 0.05) is 12.7 Å². The fourth-order valence-electron chi connectivity index (χ4n) is 3.83. The zero-order valence-corrected chi connectivity index (χ0v) is 19.5. The second-order valence-corrected chi connectivity index (χ2v) is 9.74. The van der Waals surface area contributed by atoms with Crippen LogP contribution in [0.2, 0.25) is 0 Å². The van der Waals surface area contributed by atoms with Gasteiger partial charge in [-0.25, -0.2) is 8.42 Å². The molecule has 1 heterocycles. The summed E-state index contributed by atoms with van der Waals surface area (Å²) in [7, 11) is -2.22. The predicted octanol–water partition coefficient (Wildman–Crippen LogP) is 3.06. The summed E-state index contributed by atoms with van der Waals surface area (Å²) in [5, 5.41) is 5.35. The van der Waals surface area contributed by atoms with Gasteiger partial charge in [-0.2, -0.15) is 0 Å². The number of likely N-dealkylation sites (N-methyl/N-ethyl adjacent to an activating group) is 1. The number of nitrogens with one attached hydrogen (secondary N) is 2. The molecule has 8 nitrogen and oxygen atoms in total.